The van der Waals surface area contributed by atoms with Gasteiger partial charge in [-0.25, -0.2) is 0 Å². The second-order valence-electron chi connectivity index (χ2n) is 4.01. The van der Waals surface area contributed by atoms with Gasteiger partial charge in [-0.15, -0.1) is 0 Å². The van der Waals surface area contributed by atoms with Gasteiger partial charge in [0.05, 0.1) is 5.69 Å². The highest BCUT2D eigenvalue weighted by Gasteiger charge is 2.18. The first kappa shape index (κ1) is 14.0. The van der Waals surface area contributed by atoms with Crippen LogP contribution in [0.4, 0.5) is 5.69 Å². The molecule has 1 aromatic carbocycles. The van der Waals surface area contributed by atoms with Crippen LogP contribution in [0.25, 0.3) is 0 Å². The zero-order chi connectivity index (χ0) is 13.0. The van der Waals surface area contributed by atoms with Crippen molar-refractivity contribution in [3.8, 4) is 5.75 Å². The first-order valence-corrected chi connectivity index (χ1v) is 6.25. The Hall–Kier alpha value is -1.07. The van der Waals surface area contributed by atoms with Crippen molar-refractivity contribution >= 4 is 27.5 Å². The Balaban J connectivity index is 3.23. The summed E-state index contributed by atoms with van der Waals surface area (Å²) < 4.78 is 0.861. The lowest BCUT2D eigenvalue weighted by molar-refractivity contribution is -0.114. The van der Waals surface area contributed by atoms with Crippen molar-refractivity contribution < 1.29 is 9.90 Å². The highest BCUT2D eigenvalue weighted by Crippen LogP contribution is 2.39. The molecule has 4 nitrogen and oxygen atoms in total. The van der Waals surface area contributed by atoms with Gasteiger partial charge in [0.1, 0.15) is 5.75 Å². The number of carbonyl (C=O) groups excluding carboxylic acids is 1. The number of halogens is 1. The van der Waals surface area contributed by atoms with E-state index >= 15 is 0 Å². The number of carbonyl (C=O) groups is 1. The summed E-state index contributed by atoms with van der Waals surface area (Å²) in [5.74, 6) is 0.0187. The van der Waals surface area contributed by atoms with E-state index in [0.29, 0.717) is 12.2 Å². The minimum atomic E-state index is -0.209. The Morgan fingerprint density at radius 2 is 2.24 bits per heavy atom. The van der Waals surface area contributed by atoms with Crippen LogP contribution in [0, 0.1) is 0 Å². The number of phenols is 1. The summed E-state index contributed by atoms with van der Waals surface area (Å²) in [4.78, 5) is 11.1. The van der Waals surface area contributed by atoms with Crippen LogP contribution in [0.15, 0.2) is 16.6 Å². The topological polar surface area (TPSA) is 75.3 Å². The van der Waals surface area contributed by atoms with Gasteiger partial charge in [0.2, 0.25) is 5.91 Å². The summed E-state index contributed by atoms with van der Waals surface area (Å²) in [5, 5.41) is 12.5. The Morgan fingerprint density at radius 3 is 2.76 bits per heavy atom. The smallest absolute Gasteiger partial charge is 0.221 e. The molecule has 0 saturated carbocycles. The molecule has 0 aliphatic heterocycles. The standard InChI is InChI=1S/C12H17BrN2O2/c1-7(5-6-14)11-9(13)3-4-10(17)12(11)15-8(2)16/h3-4,7,17H,5-6,14H2,1-2H3,(H,15,16). The van der Waals surface area contributed by atoms with Gasteiger partial charge in [-0.2, -0.15) is 0 Å². The molecule has 1 aromatic rings. The normalized spacial score (nSPS) is 12.2. The second-order valence-corrected chi connectivity index (χ2v) is 4.87. The largest absolute Gasteiger partial charge is 0.506 e. The lowest BCUT2D eigenvalue weighted by Gasteiger charge is -2.19. The summed E-state index contributed by atoms with van der Waals surface area (Å²) in [7, 11) is 0. The molecule has 0 spiro atoms. The molecule has 1 rings (SSSR count). The van der Waals surface area contributed by atoms with Crippen LogP contribution in [0.1, 0.15) is 31.7 Å². The van der Waals surface area contributed by atoms with E-state index in [2.05, 4.69) is 21.2 Å². The molecule has 1 unspecified atom stereocenters. The lowest BCUT2D eigenvalue weighted by atomic mass is 9.95. The molecule has 0 aromatic heterocycles. The number of nitrogens with one attached hydrogen (secondary N) is 1. The maximum absolute atomic E-state index is 11.1. The third kappa shape index (κ3) is 3.44. The van der Waals surface area contributed by atoms with E-state index in [9.17, 15) is 9.90 Å². The molecule has 0 fully saturated rings. The SMILES string of the molecule is CC(=O)Nc1c(O)ccc(Br)c1C(C)CCN. The number of benzene rings is 1. The molecule has 94 valence electrons. The Labute approximate surface area is 109 Å². The van der Waals surface area contributed by atoms with Crippen LogP contribution in [-0.4, -0.2) is 17.6 Å². The highest BCUT2D eigenvalue weighted by atomic mass is 79.9. The van der Waals surface area contributed by atoms with Crippen LogP contribution in [0.2, 0.25) is 0 Å². The fourth-order valence-corrected chi connectivity index (χ4v) is 2.49. The van der Waals surface area contributed by atoms with E-state index < -0.39 is 0 Å². The van der Waals surface area contributed by atoms with Crippen molar-refractivity contribution in [2.45, 2.75) is 26.2 Å². The van der Waals surface area contributed by atoms with E-state index in [-0.39, 0.29) is 17.6 Å². The Morgan fingerprint density at radius 1 is 1.59 bits per heavy atom. The Kier molecular flexibility index (Phi) is 4.96. The number of anilines is 1. The van der Waals surface area contributed by atoms with Crippen LogP contribution in [0.5, 0.6) is 5.75 Å². The van der Waals surface area contributed by atoms with Gasteiger partial charge in [0, 0.05) is 11.4 Å². The van der Waals surface area contributed by atoms with Crippen LogP contribution >= 0.6 is 15.9 Å². The van der Waals surface area contributed by atoms with E-state index in [1.165, 1.54) is 6.92 Å². The lowest BCUT2D eigenvalue weighted by Crippen LogP contribution is -2.12. The van der Waals surface area contributed by atoms with E-state index in [4.69, 9.17) is 5.73 Å². The third-order valence-electron chi connectivity index (χ3n) is 2.56. The van der Waals surface area contributed by atoms with Crippen LogP contribution < -0.4 is 11.1 Å². The number of amides is 1. The molecule has 1 amide bonds. The zero-order valence-electron chi connectivity index (χ0n) is 9.96. The van der Waals surface area contributed by atoms with Gasteiger partial charge in [0.15, 0.2) is 0 Å². The number of hydrogen-bond acceptors (Lipinski definition) is 3. The molecular formula is C12H17BrN2O2. The number of aromatic hydroxyl groups is 1. The Bertz CT molecular complexity index is 421. The minimum absolute atomic E-state index is 0.0715. The van der Waals surface area contributed by atoms with Crippen molar-refractivity contribution in [1.82, 2.24) is 0 Å². The molecular weight excluding hydrogens is 284 g/mol. The number of rotatable bonds is 4. The van der Waals surface area contributed by atoms with Gasteiger partial charge in [-0.1, -0.05) is 22.9 Å². The first-order chi connectivity index (χ1) is 7.97. The highest BCUT2D eigenvalue weighted by molar-refractivity contribution is 9.10. The fraction of sp³-hybridized carbons (Fsp3) is 0.417. The van der Waals surface area contributed by atoms with Crippen LogP contribution in [-0.2, 0) is 4.79 Å². The monoisotopic (exact) mass is 300 g/mol. The first-order valence-electron chi connectivity index (χ1n) is 5.46. The summed E-state index contributed by atoms with van der Waals surface area (Å²) in [6.07, 6.45) is 0.786. The molecule has 1 atom stereocenters. The summed E-state index contributed by atoms with van der Waals surface area (Å²) >= 11 is 3.44. The van der Waals surface area contributed by atoms with Gasteiger partial charge in [-0.05, 0) is 36.6 Å². The summed E-state index contributed by atoms with van der Waals surface area (Å²) in [6.45, 7) is 3.98. The molecule has 0 heterocycles. The fourth-order valence-electron chi connectivity index (χ4n) is 1.77. The van der Waals surface area contributed by atoms with Crippen molar-refractivity contribution in [3.05, 3.63) is 22.2 Å². The molecule has 0 bridgehead atoms. The average Bonchev–Trinajstić information content (AvgIpc) is 2.23. The molecule has 0 saturated heterocycles. The average molecular weight is 301 g/mol. The van der Waals surface area contributed by atoms with E-state index in [1.54, 1.807) is 12.1 Å². The quantitative estimate of drug-likeness (QED) is 0.748. The van der Waals surface area contributed by atoms with Crippen LogP contribution in [0.3, 0.4) is 0 Å². The van der Waals surface area contributed by atoms with Gasteiger partial charge in [0.25, 0.3) is 0 Å². The predicted octanol–water partition coefficient (Wildman–Crippen LogP) is 2.57. The number of hydrogen-bond donors (Lipinski definition) is 3. The number of phenolic OH excluding ortho intramolecular Hbond substituents is 1. The minimum Gasteiger partial charge on any atom is -0.506 e. The van der Waals surface area contributed by atoms with Crippen molar-refractivity contribution in [3.63, 3.8) is 0 Å². The molecule has 5 heteroatoms. The third-order valence-corrected chi connectivity index (χ3v) is 3.26. The predicted molar refractivity (Wildman–Crippen MR) is 72.2 cm³/mol. The van der Waals surface area contributed by atoms with Crippen molar-refractivity contribution in [2.75, 3.05) is 11.9 Å². The summed E-state index contributed by atoms with van der Waals surface area (Å²) in [5.41, 5.74) is 6.89. The molecule has 4 N–H and O–H groups in total. The maximum Gasteiger partial charge on any atom is 0.221 e. The molecule has 0 aliphatic rings. The van der Waals surface area contributed by atoms with E-state index in [0.717, 1.165) is 16.5 Å². The van der Waals surface area contributed by atoms with Gasteiger partial charge in [-0.3, -0.25) is 4.79 Å². The zero-order valence-corrected chi connectivity index (χ0v) is 11.5. The molecule has 0 aliphatic carbocycles. The van der Waals surface area contributed by atoms with Crippen molar-refractivity contribution in [2.24, 2.45) is 5.73 Å². The molecule has 17 heavy (non-hydrogen) atoms. The van der Waals surface area contributed by atoms with Crippen molar-refractivity contribution in [1.29, 1.82) is 0 Å². The van der Waals surface area contributed by atoms with Gasteiger partial charge >= 0.3 is 0 Å². The maximum atomic E-state index is 11.1. The summed E-state index contributed by atoms with van der Waals surface area (Å²) in [6, 6.07) is 3.32. The number of nitrogens with two attached hydrogens (primary N) is 1. The van der Waals surface area contributed by atoms with Gasteiger partial charge < -0.3 is 16.2 Å². The molecule has 0 radical (unpaired) electrons. The second kappa shape index (κ2) is 6.02. The van der Waals surface area contributed by atoms with E-state index in [1.807, 2.05) is 6.92 Å².